The van der Waals surface area contributed by atoms with Gasteiger partial charge in [0, 0.05) is 12.0 Å². The second-order valence-corrected chi connectivity index (χ2v) is 8.59. The van der Waals surface area contributed by atoms with E-state index in [1.165, 1.54) is 5.39 Å². The first-order valence-corrected chi connectivity index (χ1v) is 11.2. The molecule has 0 aliphatic rings. The summed E-state index contributed by atoms with van der Waals surface area (Å²) in [4.78, 5) is 0. The Labute approximate surface area is 167 Å². The maximum absolute atomic E-state index is 13.4. The van der Waals surface area contributed by atoms with E-state index in [4.69, 9.17) is 9.05 Å². The molecule has 0 fully saturated rings. The maximum Gasteiger partial charge on any atom is 0.339 e. The molecule has 0 radical (unpaired) electrons. The molecular weight excluding hydrogens is 367 g/mol. The maximum atomic E-state index is 13.4. The van der Waals surface area contributed by atoms with Crippen LogP contribution in [0.3, 0.4) is 0 Å². The minimum atomic E-state index is -3.31. The zero-order valence-corrected chi connectivity index (χ0v) is 17.2. The fraction of sp³-hybridized carbons (Fsp3) is 0.250. The van der Waals surface area contributed by atoms with Crippen LogP contribution in [0.4, 0.5) is 0 Å². The lowest BCUT2D eigenvalue weighted by atomic mass is 10.1. The molecule has 3 aromatic carbocycles. The van der Waals surface area contributed by atoms with Crippen LogP contribution in [-0.2, 0) is 13.6 Å². The monoisotopic (exact) mass is 392 g/mol. The summed E-state index contributed by atoms with van der Waals surface area (Å²) < 4.78 is 24.6. The molecule has 0 aromatic heterocycles. The Hall–Kier alpha value is -2.37. The first-order chi connectivity index (χ1) is 13.7. The van der Waals surface area contributed by atoms with E-state index in [2.05, 4.69) is 36.1 Å². The van der Waals surface area contributed by atoms with Crippen molar-refractivity contribution in [3.8, 4) is 11.8 Å². The zero-order valence-electron chi connectivity index (χ0n) is 16.3. The average Bonchev–Trinajstić information content (AvgIpc) is 2.72. The summed E-state index contributed by atoms with van der Waals surface area (Å²) >= 11 is 0. The first-order valence-electron chi connectivity index (χ1n) is 9.57. The molecule has 3 nitrogen and oxygen atoms in total. The number of hydrogen-bond donors (Lipinski definition) is 0. The SMILES string of the molecule is CCOP(=O)(OCC)C(CC#Cc1ccc2ccccc2c1)c1ccccc1. The van der Waals surface area contributed by atoms with Crippen LogP contribution in [0.2, 0.25) is 0 Å². The number of benzene rings is 3. The summed E-state index contributed by atoms with van der Waals surface area (Å²) in [5.41, 5.74) is 1.44. The van der Waals surface area contributed by atoms with Crippen LogP contribution >= 0.6 is 7.60 Å². The number of rotatable bonds is 7. The highest BCUT2D eigenvalue weighted by atomic mass is 31.2. The highest BCUT2D eigenvalue weighted by Crippen LogP contribution is 2.62. The van der Waals surface area contributed by atoms with Crippen molar-refractivity contribution in [2.45, 2.75) is 25.9 Å². The highest BCUT2D eigenvalue weighted by Gasteiger charge is 2.36. The molecule has 0 saturated heterocycles. The molecule has 0 aliphatic heterocycles. The lowest BCUT2D eigenvalue weighted by molar-refractivity contribution is 0.212. The first kappa shape index (κ1) is 20.4. The lowest BCUT2D eigenvalue weighted by Crippen LogP contribution is -2.06. The van der Waals surface area contributed by atoms with E-state index in [0.717, 1.165) is 16.5 Å². The van der Waals surface area contributed by atoms with Crippen molar-refractivity contribution in [3.05, 3.63) is 83.9 Å². The predicted octanol–water partition coefficient (Wildman–Crippen LogP) is 6.59. The van der Waals surface area contributed by atoms with Crippen LogP contribution in [-0.4, -0.2) is 13.2 Å². The standard InChI is InChI=1S/C24H25O3P/c1-3-26-28(25,27-4-2)24(22-13-6-5-7-14-22)16-10-11-20-17-18-21-12-8-9-15-23(21)19-20/h5-9,12-15,17-19,24H,3-4,16H2,1-2H3. The summed E-state index contributed by atoms with van der Waals surface area (Å²) in [6.07, 6.45) is 0.397. The minimum Gasteiger partial charge on any atom is -0.308 e. The van der Waals surface area contributed by atoms with Crippen LogP contribution in [0.25, 0.3) is 10.8 Å². The van der Waals surface area contributed by atoms with Gasteiger partial charge in [-0.25, -0.2) is 0 Å². The quantitative estimate of drug-likeness (QED) is 0.336. The summed E-state index contributed by atoms with van der Waals surface area (Å²) in [6, 6.07) is 24.1. The Kier molecular flexibility index (Phi) is 7.06. The summed E-state index contributed by atoms with van der Waals surface area (Å²) in [6.45, 7) is 4.32. The summed E-state index contributed by atoms with van der Waals surface area (Å²) in [5, 5.41) is 2.34. The lowest BCUT2D eigenvalue weighted by Gasteiger charge is -2.25. The van der Waals surface area contributed by atoms with Gasteiger partial charge in [-0.3, -0.25) is 4.57 Å². The van der Waals surface area contributed by atoms with Crippen LogP contribution < -0.4 is 0 Å². The molecular formula is C24H25O3P. The van der Waals surface area contributed by atoms with Gasteiger partial charge in [0.25, 0.3) is 0 Å². The minimum absolute atomic E-state index is 0.332. The topological polar surface area (TPSA) is 35.5 Å². The summed E-state index contributed by atoms with van der Waals surface area (Å²) in [5.74, 6) is 6.42. The molecule has 1 atom stereocenters. The third-order valence-electron chi connectivity index (χ3n) is 4.46. The zero-order chi connectivity index (χ0) is 19.8. The van der Waals surface area contributed by atoms with Crippen molar-refractivity contribution in [1.82, 2.24) is 0 Å². The van der Waals surface area contributed by atoms with Gasteiger partial charge in [0.05, 0.1) is 18.9 Å². The molecule has 0 amide bonds. The fourth-order valence-electron chi connectivity index (χ4n) is 3.18. The van der Waals surface area contributed by atoms with Gasteiger partial charge in [0.1, 0.15) is 0 Å². The van der Waals surface area contributed by atoms with Crippen molar-refractivity contribution in [3.63, 3.8) is 0 Å². The molecule has 144 valence electrons. The molecule has 0 saturated carbocycles. The Bertz CT molecular complexity index is 1010. The van der Waals surface area contributed by atoms with Crippen molar-refractivity contribution >= 4 is 18.4 Å². The molecule has 28 heavy (non-hydrogen) atoms. The molecule has 0 bridgehead atoms. The molecule has 3 rings (SSSR count). The van der Waals surface area contributed by atoms with Gasteiger partial charge in [0.15, 0.2) is 0 Å². The summed E-state index contributed by atoms with van der Waals surface area (Å²) in [7, 11) is -3.31. The number of hydrogen-bond acceptors (Lipinski definition) is 3. The predicted molar refractivity (Wildman–Crippen MR) is 115 cm³/mol. The Morgan fingerprint density at radius 1 is 0.857 bits per heavy atom. The van der Waals surface area contributed by atoms with Crippen LogP contribution in [0.5, 0.6) is 0 Å². The average molecular weight is 392 g/mol. The second-order valence-electron chi connectivity index (χ2n) is 6.37. The van der Waals surface area contributed by atoms with E-state index in [1.807, 2.05) is 62.4 Å². The van der Waals surface area contributed by atoms with Gasteiger partial charge in [-0.2, -0.15) is 0 Å². The van der Waals surface area contributed by atoms with Crippen molar-refractivity contribution in [1.29, 1.82) is 0 Å². The van der Waals surface area contributed by atoms with E-state index in [9.17, 15) is 4.57 Å². The molecule has 0 spiro atoms. The molecule has 0 N–H and O–H groups in total. The van der Waals surface area contributed by atoms with E-state index >= 15 is 0 Å². The van der Waals surface area contributed by atoms with Crippen LogP contribution in [0.1, 0.15) is 37.1 Å². The van der Waals surface area contributed by atoms with E-state index in [-0.39, 0.29) is 0 Å². The van der Waals surface area contributed by atoms with Crippen molar-refractivity contribution in [2.24, 2.45) is 0 Å². The van der Waals surface area contributed by atoms with Crippen molar-refractivity contribution in [2.75, 3.05) is 13.2 Å². The van der Waals surface area contributed by atoms with Gasteiger partial charge < -0.3 is 9.05 Å². The smallest absolute Gasteiger partial charge is 0.308 e. The third-order valence-corrected chi connectivity index (χ3v) is 6.94. The van der Waals surface area contributed by atoms with Crippen molar-refractivity contribution < 1.29 is 13.6 Å². The van der Waals surface area contributed by atoms with Gasteiger partial charge in [-0.15, -0.1) is 0 Å². The molecule has 3 aromatic rings. The molecule has 0 aliphatic carbocycles. The van der Waals surface area contributed by atoms with E-state index in [1.54, 1.807) is 0 Å². The molecule has 1 unspecified atom stereocenters. The largest absolute Gasteiger partial charge is 0.339 e. The Morgan fingerprint density at radius 3 is 2.18 bits per heavy atom. The van der Waals surface area contributed by atoms with Gasteiger partial charge >= 0.3 is 7.60 Å². The highest BCUT2D eigenvalue weighted by molar-refractivity contribution is 7.54. The molecule has 0 heterocycles. The van der Waals surface area contributed by atoms with E-state index in [0.29, 0.717) is 19.6 Å². The third kappa shape index (κ3) is 4.91. The van der Waals surface area contributed by atoms with Crippen LogP contribution in [0.15, 0.2) is 72.8 Å². The second kappa shape index (κ2) is 9.71. The van der Waals surface area contributed by atoms with Crippen LogP contribution in [0, 0.1) is 11.8 Å². The normalized spacial score (nSPS) is 12.4. The fourth-order valence-corrected chi connectivity index (χ4v) is 5.19. The Balaban J connectivity index is 1.89. The van der Waals surface area contributed by atoms with E-state index < -0.39 is 13.3 Å². The number of fused-ring (bicyclic) bond motifs is 1. The molecule has 4 heteroatoms. The Morgan fingerprint density at radius 2 is 1.50 bits per heavy atom. The van der Waals surface area contributed by atoms with Gasteiger partial charge in [-0.1, -0.05) is 72.5 Å². The van der Waals surface area contributed by atoms with Gasteiger partial charge in [0.2, 0.25) is 0 Å². The van der Waals surface area contributed by atoms with Gasteiger partial charge in [-0.05, 0) is 42.3 Å².